The van der Waals surface area contributed by atoms with E-state index in [9.17, 15) is 4.79 Å². The Hall–Kier alpha value is -1.39. The number of hydrogen-bond acceptors (Lipinski definition) is 3. The van der Waals surface area contributed by atoms with Crippen molar-refractivity contribution in [2.24, 2.45) is 29.6 Å². The second-order valence-electron chi connectivity index (χ2n) is 11.3. The van der Waals surface area contributed by atoms with Crippen molar-refractivity contribution in [2.75, 3.05) is 26.2 Å². The highest BCUT2D eigenvalue weighted by atomic mass is 16.2. The molecule has 3 saturated heterocycles. The summed E-state index contributed by atoms with van der Waals surface area (Å²) in [6.45, 7) is 8.68. The van der Waals surface area contributed by atoms with Crippen molar-refractivity contribution in [3.8, 4) is 0 Å². The first-order chi connectivity index (χ1) is 15.1. The predicted octanol–water partition coefficient (Wildman–Crippen LogP) is 3.86. The van der Waals surface area contributed by atoms with E-state index in [2.05, 4.69) is 59.7 Å². The van der Waals surface area contributed by atoms with Crippen molar-refractivity contribution < 1.29 is 4.79 Å². The molecule has 1 aromatic carbocycles. The summed E-state index contributed by atoms with van der Waals surface area (Å²) in [5.74, 6) is 3.29. The molecular formula is C27H41N3O. The maximum Gasteiger partial charge on any atom is 0.242 e. The Morgan fingerprint density at radius 2 is 1.97 bits per heavy atom. The highest BCUT2D eigenvalue weighted by molar-refractivity contribution is 5.89. The molecule has 5 aliphatic rings. The van der Waals surface area contributed by atoms with Crippen molar-refractivity contribution >= 4 is 5.91 Å². The molecule has 0 radical (unpaired) electrons. The molecule has 6 rings (SSSR count). The maximum absolute atomic E-state index is 13.9. The average Bonchev–Trinajstić information content (AvgIpc) is 3.04. The molecule has 4 heteroatoms. The van der Waals surface area contributed by atoms with Gasteiger partial charge in [0, 0.05) is 31.6 Å². The van der Waals surface area contributed by atoms with Gasteiger partial charge in [-0.3, -0.25) is 9.69 Å². The molecule has 5 fully saturated rings. The molecule has 3 heterocycles. The number of fused-ring (bicyclic) bond motifs is 1. The molecule has 4 nitrogen and oxygen atoms in total. The van der Waals surface area contributed by atoms with E-state index >= 15 is 0 Å². The zero-order valence-electron chi connectivity index (χ0n) is 19.5. The van der Waals surface area contributed by atoms with Gasteiger partial charge in [-0.25, -0.2) is 0 Å². The van der Waals surface area contributed by atoms with Crippen molar-refractivity contribution in [1.82, 2.24) is 15.5 Å². The van der Waals surface area contributed by atoms with Gasteiger partial charge in [-0.1, -0.05) is 63.4 Å². The number of hydrogen-bond donors (Lipinski definition) is 2. The van der Waals surface area contributed by atoms with E-state index < -0.39 is 5.54 Å². The fraction of sp³-hybridized carbons (Fsp3) is 0.741. The lowest BCUT2D eigenvalue weighted by atomic mass is 9.58. The van der Waals surface area contributed by atoms with Crippen molar-refractivity contribution in [3.63, 3.8) is 0 Å². The molecule has 4 bridgehead atoms. The molecule has 2 aliphatic carbocycles. The van der Waals surface area contributed by atoms with E-state index in [1.54, 1.807) is 0 Å². The summed E-state index contributed by atoms with van der Waals surface area (Å²) in [7, 11) is 0. The van der Waals surface area contributed by atoms with Crippen LogP contribution >= 0.6 is 0 Å². The minimum absolute atomic E-state index is 0.301. The Balaban J connectivity index is 1.40. The number of piperidine rings is 2. The van der Waals surface area contributed by atoms with Crippen molar-refractivity contribution in [1.29, 1.82) is 0 Å². The molecule has 31 heavy (non-hydrogen) atoms. The van der Waals surface area contributed by atoms with Gasteiger partial charge in [-0.15, -0.1) is 0 Å². The number of carbonyl (C=O) groups excluding carboxylic acids is 1. The second-order valence-corrected chi connectivity index (χ2v) is 11.3. The highest BCUT2D eigenvalue weighted by Crippen LogP contribution is 2.53. The van der Waals surface area contributed by atoms with E-state index in [4.69, 9.17) is 0 Å². The zero-order chi connectivity index (χ0) is 21.4. The quantitative estimate of drug-likeness (QED) is 0.700. The lowest BCUT2D eigenvalue weighted by molar-refractivity contribution is -0.138. The van der Waals surface area contributed by atoms with E-state index in [1.807, 2.05) is 0 Å². The molecule has 0 spiro atoms. The normalized spacial score (nSPS) is 35.6. The maximum atomic E-state index is 13.9. The molecule has 3 aliphatic heterocycles. The number of benzene rings is 1. The number of nitrogens with zero attached hydrogens (tertiary/aromatic N) is 1. The van der Waals surface area contributed by atoms with E-state index in [0.717, 1.165) is 32.6 Å². The minimum atomic E-state index is -0.391. The molecule has 1 amide bonds. The minimum Gasteiger partial charge on any atom is -0.354 e. The molecule has 2 N–H and O–H groups in total. The first-order valence-corrected chi connectivity index (χ1v) is 12.9. The predicted molar refractivity (Wildman–Crippen MR) is 126 cm³/mol. The standard InChI is InChI=1S/C27H41N3O/c1-19(2)17-30-18-23-14-22-16-29-27(23,26(31)28-15-21-11-7-4-8-12-21)25(30)24(22)13-20-9-5-3-6-10-20/h3,5-6,9-10,19,21-25,29H,4,7-8,11-18H2,1-2H3,(H,28,31)/t22-,23-,24+,25-,27-/m0/s1. The van der Waals surface area contributed by atoms with Crippen LogP contribution in [0.3, 0.4) is 0 Å². The van der Waals surface area contributed by atoms with Crippen LogP contribution in [0.15, 0.2) is 30.3 Å². The van der Waals surface area contributed by atoms with Crippen LogP contribution in [0, 0.1) is 29.6 Å². The second kappa shape index (κ2) is 8.86. The Bertz CT molecular complexity index is 759. The van der Waals surface area contributed by atoms with Crippen LogP contribution in [0.4, 0.5) is 0 Å². The Morgan fingerprint density at radius 3 is 2.71 bits per heavy atom. The van der Waals surface area contributed by atoms with E-state index in [-0.39, 0.29) is 0 Å². The Kier molecular flexibility index (Phi) is 6.13. The monoisotopic (exact) mass is 423 g/mol. The SMILES string of the molecule is CC(C)CN1C[C@@H]2C[C@H]3CN[C@]2(C(=O)NCC2CCCCC2)[C@@H]1[C@@H]3Cc1ccccc1. The van der Waals surface area contributed by atoms with Crippen LogP contribution in [-0.4, -0.2) is 48.6 Å². The molecule has 0 aromatic heterocycles. The average molecular weight is 424 g/mol. The summed E-state index contributed by atoms with van der Waals surface area (Å²) in [5, 5.41) is 7.32. The Morgan fingerprint density at radius 1 is 1.19 bits per heavy atom. The molecule has 5 atom stereocenters. The largest absolute Gasteiger partial charge is 0.354 e. The summed E-state index contributed by atoms with van der Waals surface area (Å²) < 4.78 is 0. The zero-order valence-corrected chi connectivity index (χ0v) is 19.5. The topological polar surface area (TPSA) is 44.4 Å². The van der Waals surface area contributed by atoms with Gasteiger partial charge in [0.15, 0.2) is 0 Å². The molecule has 0 unspecified atom stereocenters. The number of likely N-dealkylation sites (tertiary alicyclic amines) is 1. The molecular weight excluding hydrogens is 382 g/mol. The van der Waals surface area contributed by atoms with Crippen molar-refractivity contribution in [2.45, 2.75) is 70.4 Å². The Labute approximate surface area is 188 Å². The van der Waals surface area contributed by atoms with Crippen LogP contribution < -0.4 is 10.6 Å². The smallest absolute Gasteiger partial charge is 0.242 e. The van der Waals surface area contributed by atoms with Crippen LogP contribution in [0.5, 0.6) is 0 Å². The lowest BCUT2D eigenvalue weighted by Gasteiger charge is -2.56. The first kappa shape index (κ1) is 21.5. The molecule has 170 valence electrons. The summed E-state index contributed by atoms with van der Waals surface area (Å²) in [5.41, 5.74) is 1.03. The summed E-state index contributed by atoms with van der Waals surface area (Å²) in [6, 6.07) is 11.3. The van der Waals surface area contributed by atoms with Crippen LogP contribution in [0.1, 0.15) is 57.9 Å². The van der Waals surface area contributed by atoms with Gasteiger partial charge in [-0.2, -0.15) is 0 Å². The summed E-state index contributed by atoms with van der Waals surface area (Å²) in [6.07, 6.45) is 8.89. The fourth-order valence-corrected chi connectivity index (χ4v) is 7.52. The van der Waals surface area contributed by atoms with Crippen LogP contribution in [-0.2, 0) is 11.2 Å². The first-order valence-electron chi connectivity index (χ1n) is 12.9. The lowest BCUT2D eigenvalue weighted by Crippen LogP contribution is -2.76. The van der Waals surface area contributed by atoms with E-state index in [0.29, 0.717) is 41.5 Å². The fourth-order valence-electron chi connectivity index (χ4n) is 7.52. The molecule has 1 aromatic rings. The van der Waals surface area contributed by atoms with Gasteiger partial charge in [0.25, 0.3) is 0 Å². The van der Waals surface area contributed by atoms with Crippen LogP contribution in [0.25, 0.3) is 0 Å². The third-order valence-electron chi connectivity index (χ3n) is 8.78. The number of rotatable bonds is 7. The number of nitrogens with one attached hydrogen (secondary N) is 2. The van der Waals surface area contributed by atoms with Crippen molar-refractivity contribution in [3.05, 3.63) is 35.9 Å². The van der Waals surface area contributed by atoms with Crippen LogP contribution in [0.2, 0.25) is 0 Å². The molecule has 2 saturated carbocycles. The van der Waals surface area contributed by atoms with Gasteiger partial charge < -0.3 is 10.6 Å². The van der Waals surface area contributed by atoms with Gasteiger partial charge in [0.1, 0.15) is 5.54 Å². The van der Waals surface area contributed by atoms with Gasteiger partial charge >= 0.3 is 0 Å². The third kappa shape index (κ3) is 3.95. The number of amides is 1. The number of carbonyl (C=O) groups is 1. The highest BCUT2D eigenvalue weighted by Gasteiger charge is 2.67. The summed E-state index contributed by atoms with van der Waals surface area (Å²) in [4.78, 5) is 16.6. The van der Waals surface area contributed by atoms with Gasteiger partial charge in [0.2, 0.25) is 5.91 Å². The third-order valence-corrected chi connectivity index (χ3v) is 8.78. The van der Waals surface area contributed by atoms with E-state index in [1.165, 1.54) is 44.1 Å². The summed E-state index contributed by atoms with van der Waals surface area (Å²) >= 11 is 0. The van der Waals surface area contributed by atoms with Gasteiger partial charge in [0.05, 0.1) is 0 Å². The van der Waals surface area contributed by atoms with Gasteiger partial charge in [-0.05, 0) is 61.5 Å².